The zero-order valence-corrected chi connectivity index (χ0v) is 17.2. The number of benzene rings is 1. The fraction of sp³-hybridized carbons (Fsp3) is 0.320. The van der Waals surface area contributed by atoms with Gasteiger partial charge < -0.3 is 9.88 Å². The van der Waals surface area contributed by atoms with Crippen LogP contribution in [0.4, 0.5) is 11.5 Å². The van der Waals surface area contributed by atoms with E-state index >= 15 is 0 Å². The molecule has 0 bridgehead atoms. The van der Waals surface area contributed by atoms with Crippen LogP contribution in [0.5, 0.6) is 0 Å². The van der Waals surface area contributed by atoms with E-state index in [0.717, 1.165) is 60.6 Å². The minimum Gasteiger partial charge on any atom is -0.340 e. The summed E-state index contributed by atoms with van der Waals surface area (Å²) in [5, 5.41) is 0. The zero-order chi connectivity index (χ0) is 20.1. The van der Waals surface area contributed by atoms with Crippen molar-refractivity contribution in [2.45, 2.75) is 44.4 Å². The van der Waals surface area contributed by atoms with Crippen molar-refractivity contribution >= 4 is 22.7 Å². The molecule has 1 aliphatic heterocycles. The quantitative estimate of drug-likeness (QED) is 0.517. The number of aromatic nitrogens is 4. The number of nitrogens with zero attached hydrogens (tertiary/aromatic N) is 4. The van der Waals surface area contributed by atoms with Crippen molar-refractivity contribution in [1.82, 2.24) is 19.9 Å². The Morgan fingerprint density at radius 3 is 2.77 bits per heavy atom. The second-order valence-corrected chi connectivity index (χ2v) is 8.69. The SMILES string of the molecule is Cc1cnc2nc(C3(c4ccc5c(c4)CCCN5c4ccccn4)CCC3)[nH]c2c1. The lowest BCUT2D eigenvalue weighted by Gasteiger charge is -2.41. The van der Waals surface area contributed by atoms with Gasteiger partial charge in [-0.05, 0) is 73.6 Å². The van der Waals surface area contributed by atoms with Crippen LogP contribution in [0.2, 0.25) is 0 Å². The Hall–Kier alpha value is -3.21. The molecule has 1 saturated carbocycles. The Labute approximate surface area is 176 Å². The van der Waals surface area contributed by atoms with Crippen LogP contribution in [-0.4, -0.2) is 26.5 Å². The number of H-pyrrole nitrogens is 1. The Morgan fingerprint density at radius 2 is 1.97 bits per heavy atom. The fourth-order valence-corrected chi connectivity index (χ4v) is 5.07. The molecule has 2 aliphatic rings. The third-order valence-electron chi connectivity index (χ3n) is 6.81. The van der Waals surface area contributed by atoms with E-state index in [1.807, 2.05) is 18.5 Å². The molecule has 0 spiro atoms. The van der Waals surface area contributed by atoms with Crippen LogP contribution in [0.15, 0.2) is 54.9 Å². The molecule has 0 radical (unpaired) electrons. The molecule has 0 atom stereocenters. The van der Waals surface area contributed by atoms with Gasteiger partial charge in [0.15, 0.2) is 5.65 Å². The molecule has 1 fully saturated rings. The molecular formula is C25H25N5. The number of rotatable bonds is 3. The summed E-state index contributed by atoms with van der Waals surface area (Å²) in [5.41, 5.74) is 7.09. The van der Waals surface area contributed by atoms with Gasteiger partial charge in [0.05, 0.1) is 10.9 Å². The van der Waals surface area contributed by atoms with Gasteiger partial charge in [-0.1, -0.05) is 24.6 Å². The number of anilines is 2. The van der Waals surface area contributed by atoms with Crippen molar-refractivity contribution in [1.29, 1.82) is 0 Å². The molecule has 30 heavy (non-hydrogen) atoms. The molecule has 5 heteroatoms. The number of aryl methyl sites for hydroxylation is 2. The van der Waals surface area contributed by atoms with Crippen molar-refractivity contribution in [2.24, 2.45) is 0 Å². The summed E-state index contributed by atoms with van der Waals surface area (Å²) in [6.07, 6.45) is 9.53. The van der Waals surface area contributed by atoms with E-state index in [4.69, 9.17) is 4.98 Å². The summed E-state index contributed by atoms with van der Waals surface area (Å²) in [5.74, 6) is 2.10. The number of fused-ring (bicyclic) bond motifs is 2. The lowest BCUT2D eigenvalue weighted by atomic mass is 9.63. The van der Waals surface area contributed by atoms with Crippen LogP contribution in [0.1, 0.15) is 48.2 Å². The number of hydrogen-bond donors (Lipinski definition) is 1. The van der Waals surface area contributed by atoms with Gasteiger partial charge in [-0.15, -0.1) is 0 Å². The maximum Gasteiger partial charge on any atom is 0.177 e. The summed E-state index contributed by atoms with van der Waals surface area (Å²) in [6.45, 7) is 3.09. The van der Waals surface area contributed by atoms with Gasteiger partial charge in [0, 0.05) is 24.6 Å². The van der Waals surface area contributed by atoms with Crippen LogP contribution in [0.25, 0.3) is 11.2 Å². The second kappa shape index (κ2) is 6.66. The minimum absolute atomic E-state index is 0.0170. The Balaban J connectivity index is 1.42. The van der Waals surface area contributed by atoms with Gasteiger partial charge in [-0.2, -0.15) is 0 Å². The largest absolute Gasteiger partial charge is 0.340 e. The highest BCUT2D eigenvalue weighted by atomic mass is 15.2. The molecule has 0 amide bonds. The summed E-state index contributed by atoms with van der Waals surface area (Å²) >= 11 is 0. The van der Waals surface area contributed by atoms with E-state index in [1.54, 1.807) is 0 Å². The van der Waals surface area contributed by atoms with Crippen molar-refractivity contribution in [3.63, 3.8) is 0 Å². The average molecular weight is 396 g/mol. The molecule has 1 N–H and O–H groups in total. The van der Waals surface area contributed by atoms with Crippen molar-refractivity contribution in [2.75, 3.05) is 11.4 Å². The normalized spacial score (nSPS) is 17.6. The number of aromatic amines is 1. The van der Waals surface area contributed by atoms with Crippen molar-refractivity contribution in [3.05, 3.63) is 77.4 Å². The topological polar surface area (TPSA) is 57.7 Å². The number of imidazole rings is 1. The van der Waals surface area contributed by atoms with Gasteiger partial charge in [-0.3, -0.25) is 0 Å². The van der Waals surface area contributed by atoms with Crippen LogP contribution >= 0.6 is 0 Å². The highest BCUT2D eigenvalue weighted by Gasteiger charge is 2.43. The molecule has 1 aliphatic carbocycles. The lowest BCUT2D eigenvalue weighted by molar-refractivity contribution is 0.287. The molecule has 4 aromatic rings. The van der Waals surface area contributed by atoms with Gasteiger partial charge in [0.2, 0.25) is 0 Å². The van der Waals surface area contributed by atoms with Crippen LogP contribution in [0.3, 0.4) is 0 Å². The minimum atomic E-state index is -0.0170. The summed E-state index contributed by atoms with van der Waals surface area (Å²) in [7, 11) is 0. The lowest BCUT2D eigenvalue weighted by Crippen LogP contribution is -2.37. The first-order valence-corrected chi connectivity index (χ1v) is 10.9. The predicted molar refractivity (Wildman–Crippen MR) is 119 cm³/mol. The predicted octanol–water partition coefficient (Wildman–Crippen LogP) is 5.22. The van der Waals surface area contributed by atoms with E-state index in [2.05, 4.69) is 63.2 Å². The molecule has 5 nitrogen and oxygen atoms in total. The van der Waals surface area contributed by atoms with Crippen LogP contribution in [-0.2, 0) is 11.8 Å². The van der Waals surface area contributed by atoms with Crippen molar-refractivity contribution in [3.8, 4) is 0 Å². The Bertz CT molecular complexity index is 1220. The van der Waals surface area contributed by atoms with Gasteiger partial charge >= 0.3 is 0 Å². The molecule has 0 saturated heterocycles. The number of nitrogens with one attached hydrogen (secondary N) is 1. The van der Waals surface area contributed by atoms with E-state index in [-0.39, 0.29) is 5.41 Å². The van der Waals surface area contributed by atoms with E-state index in [1.165, 1.54) is 23.2 Å². The van der Waals surface area contributed by atoms with E-state index in [9.17, 15) is 0 Å². The monoisotopic (exact) mass is 395 g/mol. The van der Waals surface area contributed by atoms with Gasteiger partial charge in [-0.25, -0.2) is 15.0 Å². The molecule has 4 heterocycles. The first-order chi connectivity index (χ1) is 14.7. The van der Waals surface area contributed by atoms with Gasteiger partial charge in [0.1, 0.15) is 11.6 Å². The van der Waals surface area contributed by atoms with Crippen LogP contribution < -0.4 is 4.90 Å². The highest BCUT2D eigenvalue weighted by Crippen LogP contribution is 2.49. The van der Waals surface area contributed by atoms with E-state index in [0.29, 0.717) is 0 Å². The van der Waals surface area contributed by atoms with Crippen molar-refractivity contribution < 1.29 is 0 Å². The molecule has 3 aromatic heterocycles. The number of hydrogen-bond acceptors (Lipinski definition) is 4. The summed E-state index contributed by atoms with van der Waals surface area (Å²) < 4.78 is 0. The Kier molecular flexibility index (Phi) is 3.91. The maximum absolute atomic E-state index is 4.91. The second-order valence-electron chi connectivity index (χ2n) is 8.69. The first kappa shape index (κ1) is 17.6. The zero-order valence-electron chi connectivity index (χ0n) is 17.2. The molecule has 0 unspecified atom stereocenters. The molecular weight excluding hydrogens is 370 g/mol. The molecule has 6 rings (SSSR count). The first-order valence-electron chi connectivity index (χ1n) is 10.9. The van der Waals surface area contributed by atoms with E-state index < -0.39 is 0 Å². The van der Waals surface area contributed by atoms with Gasteiger partial charge in [0.25, 0.3) is 0 Å². The summed E-state index contributed by atoms with van der Waals surface area (Å²) in [6, 6.07) is 15.3. The standard InChI is InChI=1S/C25H25N5/c1-17-14-20-23(27-16-17)29-24(28-20)25(10-5-11-25)19-8-9-21-18(15-19)6-4-13-30(21)22-7-2-3-12-26-22/h2-3,7-9,12,14-16H,4-6,10-11,13H2,1H3,(H,27,28,29). The Morgan fingerprint density at radius 1 is 1.03 bits per heavy atom. The average Bonchev–Trinajstić information content (AvgIpc) is 3.16. The molecule has 1 aromatic carbocycles. The summed E-state index contributed by atoms with van der Waals surface area (Å²) in [4.78, 5) is 20.0. The third kappa shape index (κ3) is 2.65. The smallest absolute Gasteiger partial charge is 0.177 e. The fourth-order valence-electron chi connectivity index (χ4n) is 5.07. The maximum atomic E-state index is 4.91. The third-order valence-corrected chi connectivity index (χ3v) is 6.81. The van der Waals surface area contributed by atoms with Crippen LogP contribution in [0, 0.1) is 6.92 Å². The number of pyridine rings is 2. The highest BCUT2D eigenvalue weighted by molar-refractivity contribution is 5.72. The molecule has 150 valence electrons.